The summed E-state index contributed by atoms with van der Waals surface area (Å²) in [6.07, 6.45) is 0.970. The zero-order valence-corrected chi connectivity index (χ0v) is 18.0. The van der Waals surface area contributed by atoms with E-state index in [0.29, 0.717) is 38.0 Å². The topological polar surface area (TPSA) is 93.5 Å². The summed E-state index contributed by atoms with van der Waals surface area (Å²) in [4.78, 5) is 14.7. The molecule has 0 bridgehead atoms. The van der Waals surface area contributed by atoms with Crippen LogP contribution in [0.15, 0.2) is 53.4 Å². The van der Waals surface area contributed by atoms with Crippen molar-refractivity contribution in [3.8, 4) is 6.07 Å². The fraction of sp³-hybridized carbons (Fsp3) is 0.364. The summed E-state index contributed by atoms with van der Waals surface area (Å²) in [5, 5.41) is 11.8. The van der Waals surface area contributed by atoms with Crippen molar-refractivity contribution in [2.24, 2.45) is 5.92 Å². The highest BCUT2D eigenvalue weighted by Gasteiger charge is 2.32. The number of carbonyl (C=O) groups excluding carboxylic acids is 1. The minimum Gasteiger partial charge on any atom is -0.378 e. The Morgan fingerprint density at radius 3 is 2.43 bits per heavy atom. The van der Waals surface area contributed by atoms with Crippen LogP contribution >= 0.6 is 0 Å². The van der Waals surface area contributed by atoms with E-state index in [1.165, 1.54) is 28.6 Å². The molecule has 0 atom stereocenters. The molecule has 1 saturated heterocycles. The maximum atomic E-state index is 12.8. The summed E-state index contributed by atoms with van der Waals surface area (Å²) < 4.78 is 27.0. The number of carbonyl (C=O) groups is 1. The van der Waals surface area contributed by atoms with E-state index < -0.39 is 10.0 Å². The summed E-state index contributed by atoms with van der Waals surface area (Å²) in [7, 11) is 0.323. The minimum absolute atomic E-state index is 0.0410. The van der Waals surface area contributed by atoms with E-state index in [1.807, 2.05) is 49.3 Å². The second kappa shape index (κ2) is 9.28. The van der Waals surface area contributed by atoms with Gasteiger partial charge in [-0.25, -0.2) is 8.42 Å². The Hall–Kier alpha value is -2.89. The molecule has 0 unspecified atom stereocenters. The third-order valence-corrected chi connectivity index (χ3v) is 7.25. The smallest absolute Gasteiger partial charge is 0.243 e. The van der Waals surface area contributed by atoms with Crippen LogP contribution in [0.3, 0.4) is 0 Å². The number of nitriles is 1. The van der Waals surface area contributed by atoms with Crippen LogP contribution in [-0.4, -0.2) is 45.8 Å². The van der Waals surface area contributed by atoms with Gasteiger partial charge in [0.05, 0.1) is 16.5 Å². The van der Waals surface area contributed by atoms with Gasteiger partial charge in [0.15, 0.2) is 0 Å². The van der Waals surface area contributed by atoms with E-state index in [0.717, 1.165) is 11.3 Å². The van der Waals surface area contributed by atoms with E-state index in [-0.39, 0.29) is 16.7 Å². The van der Waals surface area contributed by atoms with Gasteiger partial charge in [0, 0.05) is 45.3 Å². The highest BCUT2D eigenvalue weighted by atomic mass is 32.2. The molecule has 0 aromatic heterocycles. The Labute approximate surface area is 178 Å². The normalized spacial score (nSPS) is 15.4. The van der Waals surface area contributed by atoms with Crippen molar-refractivity contribution in [1.82, 2.24) is 9.62 Å². The SMILES string of the molecule is CN(C)c1cccc(CNC(=O)C2CCN(S(=O)(=O)c3ccc(C#N)cc3)CC2)c1. The predicted molar refractivity (Wildman–Crippen MR) is 115 cm³/mol. The average Bonchev–Trinajstić information content (AvgIpc) is 2.77. The largest absolute Gasteiger partial charge is 0.378 e. The van der Waals surface area contributed by atoms with Crippen molar-refractivity contribution in [2.75, 3.05) is 32.1 Å². The van der Waals surface area contributed by atoms with Gasteiger partial charge in [-0.05, 0) is 54.8 Å². The maximum absolute atomic E-state index is 12.8. The zero-order chi connectivity index (χ0) is 21.7. The first-order valence-corrected chi connectivity index (χ1v) is 11.3. The first kappa shape index (κ1) is 21.8. The third kappa shape index (κ3) is 4.99. The summed E-state index contributed by atoms with van der Waals surface area (Å²) in [6.45, 7) is 1.05. The van der Waals surface area contributed by atoms with Crippen molar-refractivity contribution in [2.45, 2.75) is 24.3 Å². The quantitative estimate of drug-likeness (QED) is 0.765. The van der Waals surface area contributed by atoms with Crippen molar-refractivity contribution in [1.29, 1.82) is 5.26 Å². The molecule has 1 aliphatic heterocycles. The molecular weight excluding hydrogens is 400 g/mol. The van der Waals surface area contributed by atoms with Gasteiger partial charge >= 0.3 is 0 Å². The van der Waals surface area contributed by atoms with E-state index in [1.54, 1.807) is 0 Å². The summed E-state index contributed by atoms with van der Waals surface area (Å²) >= 11 is 0. The molecule has 30 heavy (non-hydrogen) atoms. The summed E-state index contributed by atoms with van der Waals surface area (Å²) in [6, 6.07) is 15.9. The van der Waals surface area contributed by atoms with Crippen LogP contribution in [-0.2, 0) is 21.4 Å². The minimum atomic E-state index is -3.62. The number of nitrogens with zero attached hydrogens (tertiary/aromatic N) is 3. The highest BCUT2D eigenvalue weighted by Crippen LogP contribution is 2.24. The van der Waals surface area contributed by atoms with Gasteiger partial charge in [0.2, 0.25) is 15.9 Å². The lowest BCUT2D eigenvalue weighted by atomic mass is 9.97. The van der Waals surface area contributed by atoms with Crippen LogP contribution in [0.4, 0.5) is 5.69 Å². The molecule has 0 radical (unpaired) electrons. The first-order chi connectivity index (χ1) is 14.3. The van der Waals surface area contributed by atoms with Crippen LogP contribution < -0.4 is 10.2 Å². The van der Waals surface area contributed by atoms with Gasteiger partial charge in [-0.15, -0.1) is 0 Å². The summed E-state index contributed by atoms with van der Waals surface area (Å²) in [5.41, 5.74) is 2.51. The molecule has 0 spiro atoms. The molecule has 1 N–H and O–H groups in total. The lowest BCUT2D eigenvalue weighted by molar-refractivity contribution is -0.126. The second-order valence-electron chi connectivity index (χ2n) is 7.60. The molecular formula is C22H26N4O3S. The molecule has 2 aromatic rings. The number of benzene rings is 2. The molecule has 7 nitrogen and oxygen atoms in total. The number of piperidine rings is 1. The van der Waals surface area contributed by atoms with E-state index in [4.69, 9.17) is 5.26 Å². The van der Waals surface area contributed by atoms with E-state index in [2.05, 4.69) is 5.32 Å². The standard InChI is InChI=1S/C22H26N4O3S/c1-25(2)20-5-3-4-18(14-20)16-24-22(27)19-10-12-26(13-11-19)30(28,29)21-8-6-17(15-23)7-9-21/h3-9,14,19H,10-13,16H2,1-2H3,(H,24,27). The van der Waals surface area contributed by atoms with Gasteiger partial charge in [0.1, 0.15) is 0 Å². The van der Waals surface area contributed by atoms with Crippen molar-refractivity contribution >= 4 is 21.6 Å². The zero-order valence-electron chi connectivity index (χ0n) is 17.2. The van der Waals surface area contributed by atoms with Crippen LogP contribution in [0.5, 0.6) is 0 Å². The molecule has 1 aliphatic rings. The molecule has 8 heteroatoms. The Morgan fingerprint density at radius 1 is 1.17 bits per heavy atom. The Morgan fingerprint density at radius 2 is 1.83 bits per heavy atom. The number of nitrogens with one attached hydrogen (secondary N) is 1. The molecule has 158 valence electrons. The lowest BCUT2D eigenvalue weighted by Crippen LogP contribution is -2.42. The highest BCUT2D eigenvalue weighted by molar-refractivity contribution is 7.89. The number of hydrogen-bond acceptors (Lipinski definition) is 5. The molecule has 2 aromatic carbocycles. The van der Waals surface area contributed by atoms with Gasteiger partial charge in [-0.3, -0.25) is 4.79 Å². The third-order valence-electron chi connectivity index (χ3n) is 5.34. The predicted octanol–water partition coefficient (Wildman–Crippen LogP) is 2.34. The number of sulfonamides is 1. The van der Waals surface area contributed by atoms with Crippen LogP contribution in [0, 0.1) is 17.2 Å². The van der Waals surface area contributed by atoms with Gasteiger partial charge in [-0.1, -0.05) is 12.1 Å². The van der Waals surface area contributed by atoms with E-state index >= 15 is 0 Å². The van der Waals surface area contributed by atoms with Gasteiger partial charge < -0.3 is 10.2 Å². The molecule has 1 heterocycles. The number of hydrogen-bond donors (Lipinski definition) is 1. The van der Waals surface area contributed by atoms with Crippen molar-refractivity contribution in [3.05, 3.63) is 59.7 Å². The monoisotopic (exact) mass is 426 g/mol. The van der Waals surface area contributed by atoms with Gasteiger partial charge in [0.25, 0.3) is 0 Å². The summed E-state index contributed by atoms with van der Waals surface area (Å²) in [5.74, 6) is -0.241. The first-order valence-electron chi connectivity index (χ1n) is 9.85. The fourth-order valence-corrected chi connectivity index (χ4v) is 4.96. The lowest BCUT2D eigenvalue weighted by Gasteiger charge is -2.30. The van der Waals surface area contributed by atoms with Crippen LogP contribution in [0.1, 0.15) is 24.0 Å². The van der Waals surface area contributed by atoms with Gasteiger partial charge in [-0.2, -0.15) is 9.57 Å². The Kier molecular flexibility index (Phi) is 6.75. The number of amides is 1. The van der Waals surface area contributed by atoms with Crippen LogP contribution in [0.25, 0.3) is 0 Å². The van der Waals surface area contributed by atoms with E-state index in [9.17, 15) is 13.2 Å². The second-order valence-corrected chi connectivity index (χ2v) is 9.53. The van der Waals surface area contributed by atoms with Crippen molar-refractivity contribution in [3.63, 3.8) is 0 Å². The van der Waals surface area contributed by atoms with Crippen LogP contribution in [0.2, 0.25) is 0 Å². The Bertz CT molecular complexity index is 1030. The number of anilines is 1. The average molecular weight is 427 g/mol. The molecule has 1 amide bonds. The van der Waals surface area contributed by atoms with Crippen molar-refractivity contribution < 1.29 is 13.2 Å². The fourth-order valence-electron chi connectivity index (χ4n) is 3.49. The molecule has 0 aliphatic carbocycles. The number of rotatable bonds is 6. The maximum Gasteiger partial charge on any atom is 0.243 e. The Balaban J connectivity index is 1.55. The molecule has 0 saturated carbocycles. The molecule has 3 rings (SSSR count). The molecule has 1 fully saturated rings.